The molecule has 2 aromatic carbocycles. The number of hydrogen-bond donors (Lipinski definition) is 1. The second-order valence-electron chi connectivity index (χ2n) is 6.47. The van der Waals surface area contributed by atoms with Gasteiger partial charge in [-0.1, -0.05) is 18.2 Å². The van der Waals surface area contributed by atoms with Crippen molar-refractivity contribution in [2.75, 3.05) is 18.6 Å². The predicted molar refractivity (Wildman–Crippen MR) is 112 cm³/mol. The molecular formula is C22H22N2O3S. The molecule has 144 valence electrons. The Kier molecular flexibility index (Phi) is 6.21. The van der Waals surface area contributed by atoms with Crippen LogP contribution >= 0.6 is 11.8 Å². The lowest BCUT2D eigenvalue weighted by molar-refractivity contribution is 0.0784. The summed E-state index contributed by atoms with van der Waals surface area (Å²) in [4.78, 5) is 27.9. The Labute approximate surface area is 168 Å². The van der Waals surface area contributed by atoms with Crippen LogP contribution in [-0.2, 0) is 6.54 Å². The normalized spacial score (nSPS) is 10.5. The predicted octanol–water partition coefficient (Wildman–Crippen LogP) is 4.83. The lowest BCUT2D eigenvalue weighted by atomic mass is 10.1. The summed E-state index contributed by atoms with van der Waals surface area (Å²) in [5.41, 5.74) is 3.03. The minimum atomic E-state index is -0.347. The largest absolute Gasteiger partial charge is 0.459 e. The van der Waals surface area contributed by atoms with Crippen molar-refractivity contribution >= 4 is 29.3 Å². The van der Waals surface area contributed by atoms with E-state index in [2.05, 4.69) is 5.32 Å². The minimum absolute atomic E-state index is 0.109. The summed E-state index contributed by atoms with van der Waals surface area (Å²) >= 11 is 1.68. The first-order chi connectivity index (χ1) is 13.5. The smallest absolute Gasteiger partial charge is 0.291 e. The van der Waals surface area contributed by atoms with E-state index < -0.39 is 0 Å². The fourth-order valence-electron chi connectivity index (χ4n) is 2.78. The van der Waals surface area contributed by atoms with Gasteiger partial charge in [0.1, 0.15) is 0 Å². The van der Waals surface area contributed by atoms with E-state index in [4.69, 9.17) is 4.42 Å². The molecular weight excluding hydrogens is 372 g/mol. The van der Waals surface area contributed by atoms with Crippen LogP contribution in [0.25, 0.3) is 0 Å². The number of amides is 2. The van der Waals surface area contributed by atoms with Gasteiger partial charge in [-0.15, -0.1) is 11.8 Å². The number of aryl methyl sites for hydroxylation is 1. The van der Waals surface area contributed by atoms with Gasteiger partial charge in [0.25, 0.3) is 11.8 Å². The van der Waals surface area contributed by atoms with Gasteiger partial charge >= 0.3 is 0 Å². The number of hydrogen-bond acceptors (Lipinski definition) is 4. The standard InChI is InChI=1S/C22H22N2O3S/c1-15-6-9-17(13-19(15)23-21(25)20-5-4-12-27-20)22(26)24(2)14-16-7-10-18(28-3)11-8-16/h4-13H,14H2,1-3H3,(H,23,25). The van der Waals surface area contributed by atoms with Crippen LogP contribution in [0.15, 0.2) is 70.2 Å². The van der Waals surface area contributed by atoms with Gasteiger partial charge in [0.2, 0.25) is 0 Å². The van der Waals surface area contributed by atoms with E-state index >= 15 is 0 Å². The van der Waals surface area contributed by atoms with Gasteiger partial charge in [-0.25, -0.2) is 0 Å². The number of nitrogens with one attached hydrogen (secondary N) is 1. The zero-order valence-corrected chi connectivity index (χ0v) is 16.9. The van der Waals surface area contributed by atoms with Crippen molar-refractivity contribution < 1.29 is 14.0 Å². The molecule has 1 aromatic heterocycles. The van der Waals surface area contributed by atoms with Gasteiger partial charge < -0.3 is 14.6 Å². The van der Waals surface area contributed by atoms with Gasteiger partial charge in [0, 0.05) is 29.7 Å². The SMILES string of the molecule is CSc1ccc(CN(C)C(=O)c2ccc(C)c(NC(=O)c3ccco3)c2)cc1. The van der Waals surface area contributed by atoms with Crippen LogP contribution in [0.5, 0.6) is 0 Å². The Morgan fingerprint density at radius 3 is 2.50 bits per heavy atom. The van der Waals surface area contributed by atoms with Crippen LogP contribution in [0, 0.1) is 6.92 Å². The molecule has 2 amide bonds. The van der Waals surface area contributed by atoms with Crippen molar-refractivity contribution in [1.29, 1.82) is 0 Å². The summed E-state index contributed by atoms with van der Waals surface area (Å²) in [6.07, 6.45) is 3.48. The Hall–Kier alpha value is -2.99. The maximum absolute atomic E-state index is 12.8. The van der Waals surface area contributed by atoms with E-state index in [1.807, 2.05) is 43.5 Å². The number of carbonyl (C=O) groups is 2. The highest BCUT2D eigenvalue weighted by Gasteiger charge is 2.16. The minimum Gasteiger partial charge on any atom is -0.459 e. The van der Waals surface area contributed by atoms with E-state index in [0.29, 0.717) is 17.8 Å². The maximum atomic E-state index is 12.8. The van der Waals surface area contributed by atoms with Gasteiger partial charge in [-0.05, 0) is 60.7 Å². The number of carbonyl (C=O) groups excluding carboxylic acids is 2. The number of furan rings is 1. The summed E-state index contributed by atoms with van der Waals surface area (Å²) in [6.45, 7) is 2.39. The molecule has 0 aliphatic heterocycles. The number of benzene rings is 2. The Morgan fingerprint density at radius 1 is 1.11 bits per heavy atom. The molecule has 5 nitrogen and oxygen atoms in total. The highest BCUT2D eigenvalue weighted by atomic mass is 32.2. The fraction of sp³-hybridized carbons (Fsp3) is 0.182. The molecule has 28 heavy (non-hydrogen) atoms. The van der Waals surface area contributed by atoms with Crippen LogP contribution in [0.2, 0.25) is 0 Å². The Morgan fingerprint density at radius 2 is 1.86 bits per heavy atom. The first kappa shape index (κ1) is 19.8. The van der Waals surface area contributed by atoms with Crippen molar-refractivity contribution in [2.45, 2.75) is 18.4 Å². The van der Waals surface area contributed by atoms with Gasteiger partial charge in [-0.3, -0.25) is 9.59 Å². The second kappa shape index (κ2) is 8.80. The van der Waals surface area contributed by atoms with Crippen LogP contribution in [0.3, 0.4) is 0 Å². The van der Waals surface area contributed by atoms with Crippen LogP contribution in [0.1, 0.15) is 32.0 Å². The topological polar surface area (TPSA) is 62.6 Å². The zero-order chi connectivity index (χ0) is 20.1. The van der Waals surface area contributed by atoms with E-state index in [-0.39, 0.29) is 17.6 Å². The van der Waals surface area contributed by atoms with E-state index in [0.717, 1.165) is 11.1 Å². The summed E-state index contributed by atoms with van der Waals surface area (Å²) in [5, 5.41) is 2.80. The van der Waals surface area contributed by atoms with Gasteiger partial charge in [0.15, 0.2) is 5.76 Å². The van der Waals surface area contributed by atoms with Crippen LogP contribution in [0.4, 0.5) is 5.69 Å². The van der Waals surface area contributed by atoms with E-state index in [9.17, 15) is 9.59 Å². The summed E-state index contributed by atoms with van der Waals surface area (Å²) < 4.78 is 5.12. The average Bonchev–Trinajstić information content (AvgIpc) is 3.24. The van der Waals surface area contributed by atoms with E-state index in [1.54, 1.807) is 48.0 Å². The third-order valence-electron chi connectivity index (χ3n) is 4.40. The van der Waals surface area contributed by atoms with Crippen molar-refractivity contribution in [2.24, 2.45) is 0 Å². The fourth-order valence-corrected chi connectivity index (χ4v) is 3.19. The zero-order valence-electron chi connectivity index (χ0n) is 16.1. The lowest BCUT2D eigenvalue weighted by Gasteiger charge is -2.18. The molecule has 1 heterocycles. The molecule has 0 aliphatic carbocycles. The number of thioether (sulfide) groups is 1. The number of anilines is 1. The summed E-state index contributed by atoms with van der Waals surface area (Å²) in [6, 6.07) is 16.7. The number of nitrogens with zero attached hydrogens (tertiary/aromatic N) is 1. The molecule has 3 aromatic rings. The summed E-state index contributed by atoms with van der Waals surface area (Å²) in [7, 11) is 1.77. The monoisotopic (exact) mass is 394 g/mol. The molecule has 1 N–H and O–H groups in total. The molecule has 0 spiro atoms. The lowest BCUT2D eigenvalue weighted by Crippen LogP contribution is -2.26. The quantitative estimate of drug-likeness (QED) is 0.608. The third kappa shape index (κ3) is 4.64. The first-order valence-electron chi connectivity index (χ1n) is 8.82. The van der Waals surface area contributed by atoms with Gasteiger partial charge in [-0.2, -0.15) is 0 Å². The van der Waals surface area contributed by atoms with Crippen molar-refractivity contribution in [3.8, 4) is 0 Å². The van der Waals surface area contributed by atoms with Gasteiger partial charge in [0.05, 0.1) is 6.26 Å². The molecule has 0 atom stereocenters. The molecule has 6 heteroatoms. The molecule has 0 aliphatic rings. The second-order valence-corrected chi connectivity index (χ2v) is 7.35. The van der Waals surface area contributed by atoms with E-state index in [1.165, 1.54) is 11.2 Å². The first-order valence-corrected chi connectivity index (χ1v) is 10.0. The van der Waals surface area contributed by atoms with Crippen LogP contribution in [-0.4, -0.2) is 30.0 Å². The Bertz CT molecular complexity index is 966. The molecule has 0 radical (unpaired) electrons. The molecule has 3 rings (SSSR count). The highest BCUT2D eigenvalue weighted by molar-refractivity contribution is 7.98. The van der Waals surface area contributed by atoms with Crippen molar-refractivity contribution in [3.63, 3.8) is 0 Å². The third-order valence-corrected chi connectivity index (χ3v) is 5.15. The highest BCUT2D eigenvalue weighted by Crippen LogP contribution is 2.20. The molecule has 0 saturated carbocycles. The molecule has 0 bridgehead atoms. The average molecular weight is 394 g/mol. The summed E-state index contributed by atoms with van der Waals surface area (Å²) in [5.74, 6) is -0.232. The van der Waals surface area contributed by atoms with Crippen molar-refractivity contribution in [3.05, 3.63) is 83.3 Å². The van der Waals surface area contributed by atoms with Crippen molar-refractivity contribution in [1.82, 2.24) is 4.90 Å². The molecule has 0 fully saturated rings. The maximum Gasteiger partial charge on any atom is 0.291 e. The number of rotatable bonds is 6. The molecule has 0 unspecified atom stereocenters. The van der Waals surface area contributed by atoms with Crippen LogP contribution < -0.4 is 5.32 Å². The Balaban J connectivity index is 1.72. The molecule has 0 saturated heterocycles.